The average Bonchev–Trinajstić information content (AvgIpc) is 2.70. The van der Waals surface area contributed by atoms with Gasteiger partial charge in [0.05, 0.1) is 26.2 Å². The van der Waals surface area contributed by atoms with Gasteiger partial charge in [-0.15, -0.1) is 0 Å². The van der Waals surface area contributed by atoms with E-state index in [2.05, 4.69) is 19.1 Å². The van der Waals surface area contributed by atoms with Crippen molar-refractivity contribution in [3.8, 4) is 0 Å². The van der Waals surface area contributed by atoms with Crippen molar-refractivity contribution in [1.82, 2.24) is 0 Å². The second kappa shape index (κ2) is 18.8. The molecular weight excluding hydrogens is 398 g/mol. The number of aliphatic carboxylic acids is 3. The fourth-order valence-electron chi connectivity index (χ4n) is 3.94. The summed E-state index contributed by atoms with van der Waals surface area (Å²) >= 11 is 0. The van der Waals surface area contributed by atoms with E-state index >= 15 is 0 Å². The van der Waals surface area contributed by atoms with Crippen LogP contribution < -0.4 is 0 Å². The number of rotatable bonds is 22. The van der Waals surface area contributed by atoms with E-state index in [0.29, 0.717) is 19.3 Å². The number of allylic oxidation sites excluding steroid dienone is 1. The zero-order valence-electron chi connectivity index (χ0n) is 19.4. The van der Waals surface area contributed by atoms with Crippen molar-refractivity contribution in [1.29, 1.82) is 0 Å². The van der Waals surface area contributed by atoms with Crippen molar-refractivity contribution in [3.63, 3.8) is 0 Å². The average molecular weight is 443 g/mol. The standard InChI is InChI=1S/C24H43NO6/c1-2-3-4-5-6-7-11-18-25(19-12-8-15-22(26)27,20-13-9-16-23(28)29)21-14-10-17-24(30)31/h6-7H,2-5,8-21H2,1H3,(H2-,26,27,28,29,30,31)/p+1/b7-6+. The molecule has 0 aliphatic rings. The van der Waals surface area contributed by atoms with Crippen LogP contribution in [0, 0.1) is 0 Å². The van der Waals surface area contributed by atoms with Gasteiger partial charge >= 0.3 is 17.9 Å². The lowest BCUT2D eigenvalue weighted by Gasteiger charge is -2.39. The predicted octanol–water partition coefficient (Wildman–Crippen LogP) is 5.09. The molecule has 0 aromatic carbocycles. The van der Waals surface area contributed by atoms with E-state index in [1.807, 2.05) is 0 Å². The molecule has 180 valence electrons. The molecule has 0 atom stereocenters. The number of carboxylic acids is 3. The van der Waals surface area contributed by atoms with Crippen LogP contribution in [0.2, 0.25) is 0 Å². The highest BCUT2D eigenvalue weighted by atomic mass is 16.4. The first-order chi connectivity index (χ1) is 14.8. The van der Waals surface area contributed by atoms with Crippen molar-refractivity contribution >= 4 is 17.9 Å². The molecular formula is C24H44NO6+. The molecule has 31 heavy (non-hydrogen) atoms. The highest BCUT2D eigenvalue weighted by molar-refractivity contribution is 5.67. The summed E-state index contributed by atoms with van der Waals surface area (Å²) in [4.78, 5) is 32.6. The lowest BCUT2D eigenvalue weighted by molar-refractivity contribution is -0.928. The summed E-state index contributed by atoms with van der Waals surface area (Å²) in [6.07, 6.45) is 14.9. The number of carbonyl (C=O) groups is 3. The van der Waals surface area contributed by atoms with Crippen molar-refractivity contribution in [2.45, 2.75) is 96.8 Å². The Morgan fingerprint density at radius 1 is 0.581 bits per heavy atom. The molecule has 0 aromatic heterocycles. The summed E-state index contributed by atoms with van der Waals surface area (Å²) in [5, 5.41) is 26.8. The highest BCUT2D eigenvalue weighted by Gasteiger charge is 2.26. The minimum absolute atomic E-state index is 0.162. The summed E-state index contributed by atoms with van der Waals surface area (Å²) in [7, 11) is 0. The van der Waals surface area contributed by atoms with Gasteiger partial charge in [-0.3, -0.25) is 14.4 Å². The molecule has 7 heteroatoms. The van der Waals surface area contributed by atoms with E-state index in [1.165, 1.54) is 19.3 Å². The summed E-state index contributed by atoms with van der Waals surface area (Å²) < 4.78 is 0.818. The topological polar surface area (TPSA) is 112 Å². The quantitative estimate of drug-likeness (QED) is 0.122. The Kier molecular flexibility index (Phi) is 17.7. The largest absolute Gasteiger partial charge is 0.481 e. The van der Waals surface area contributed by atoms with Crippen LogP contribution >= 0.6 is 0 Å². The molecule has 0 amide bonds. The Hall–Kier alpha value is -1.89. The second-order valence-corrected chi connectivity index (χ2v) is 8.54. The first-order valence-electron chi connectivity index (χ1n) is 12.0. The summed E-state index contributed by atoms with van der Waals surface area (Å²) in [6, 6.07) is 0. The minimum Gasteiger partial charge on any atom is -0.481 e. The number of quaternary nitrogens is 1. The predicted molar refractivity (Wildman–Crippen MR) is 122 cm³/mol. The molecule has 3 N–H and O–H groups in total. The lowest BCUT2D eigenvalue weighted by Crippen LogP contribution is -2.50. The molecule has 0 fully saturated rings. The van der Waals surface area contributed by atoms with Crippen LogP contribution in [0.25, 0.3) is 0 Å². The number of unbranched alkanes of at least 4 members (excludes halogenated alkanes) is 6. The van der Waals surface area contributed by atoms with Crippen molar-refractivity contribution < 1.29 is 34.2 Å². The molecule has 0 aliphatic carbocycles. The summed E-state index contributed by atoms with van der Waals surface area (Å²) in [5.74, 6) is -2.34. The smallest absolute Gasteiger partial charge is 0.303 e. The van der Waals surface area contributed by atoms with Gasteiger partial charge in [-0.1, -0.05) is 31.9 Å². The number of nitrogens with zero attached hydrogens (tertiary/aromatic N) is 1. The van der Waals surface area contributed by atoms with Gasteiger partial charge in [0, 0.05) is 25.7 Å². The first-order valence-corrected chi connectivity index (χ1v) is 12.0. The van der Waals surface area contributed by atoms with E-state index in [0.717, 1.165) is 62.8 Å². The Balaban J connectivity index is 4.96. The fourth-order valence-corrected chi connectivity index (χ4v) is 3.94. The zero-order chi connectivity index (χ0) is 23.4. The number of hydrogen-bond acceptors (Lipinski definition) is 3. The third kappa shape index (κ3) is 18.6. The molecule has 0 aromatic rings. The number of hydrogen-bond donors (Lipinski definition) is 3. The summed E-state index contributed by atoms with van der Waals surface area (Å²) in [5.41, 5.74) is 0. The van der Waals surface area contributed by atoms with Gasteiger partial charge in [-0.25, -0.2) is 0 Å². The normalized spacial score (nSPS) is 11.8. The monoisotopic (exact) mass is 442 g/mol. The van der Waals surface area contributed by atoms with Crippen LogP contribution in [-0.2, 0) is 14.4 Å². The molecule has 0 radical (unpaired) electrons. The fraction of sp³-hybridized carbons (Fsp3) is 0.792. The maximum Gasteiger partial charge on any atom is 0.303 e. The van der Waals surface area contributed by atoms with Gasteiger partial charge in [0.15, 0.2) is 0 Å². The molecule has 0 heterocycles. The van der Waals surface area contributed by atoms with Gasteiger partial charge in [0.2, 0.25) is 0 Å². The van der Waals surface area contributed by atoms with Gasteiger partial charge in [0.25, 0.3) is 0 Å². The van der Waals surface area contributed by atoms with Gasteiger partial charge in [-0.05, 0) is 51.4 Å². The molecule has 0 saturated heterocycles. The van der Waals surface area contributed by atoms with Crippen molar-refractivity contribution in [2.75, 3.05) is 26.2 Å². The number of carboxylic acid groups (broad SMARTS) is 3. The van der Waals surface area contributed by atoms with Crippen LogP contribution in [0.4, 0.5) is 0 Å². The minimum atomic E-state index is -0.781. The van der Waals surface area contributed by atoms with E-state index in [-0.39, 0.29) is 19.3 Å². The lowest BCUT2D eigenvalue weighted by atomic mass is 10.1. The van der Waals surface area contributed by atoms with Crippen molar-refractivity contribution in [3.05, 3.63) is 12.2 Å². The maximum atomic E-state index is 10.9. The Morgan fingerprint density at radius 3 is 1.39 bits per heavy atom. The Bertz CT molecular complexity index is 477. The highest BCUT2D eigenvalue weighted by Crippen LogP contribution is 2.18. The molecule has 0 spiro atoms. The third-order valence-electron chi connectivity index (χ3n) is 5.73. The van der Waals surface area contributed by atoms with Crippen molar-refractivity contribution in [2.24, 2.45) is 0 Å². The molecule has 0 bridgehead atoms. The Labute approximate surface area is 187 Å². The van der Waals surface area contributed by atoms with E-state index in [9.17, 15) is 14.4 Å². The third-order valence-corrected chi connectivity index (χ3v) is 5.73. The first kappa shape index (κ1) is 29.1. The zero-order valence-corrected chi connectivity index (χ0v) is 19.4. The van der Waals surface area contributed by atoms with Gasteiger partial charge in [0.1, 0.15) is 0 Å². The van der Waals surface area contributed by atoms with Gasteiger partial charge in [-0.2, -0.15) is 0 Å². The van der Waals surface area contributed by atoms with E-state index < -0.39 is 17.9 Å². The van der Waals surface area contributed by atoms with E-state index in [1.54, 1.807) is 0 Å². The molecule has 7 nitrogen and oxygen atoms in total. The van der Waals surface area contributed by atoms with Crippen LogP contribution in [0.3, 0.4) is 0 Å². The van der Waals surface area contributed by atoms with Gasteiger partial charge < -0.3 is 19.8 Å². The Morgan fingerprint density at radius 2 is 1.00 bits per heavy atom. The second-order valence-electron chi connectivity index (χ2n) is 8.54. The SMILES string of the molecule is CCCCC/C=C/CC[N+](CCCCC(=O)O)(CCCCC(=O)O)CCCCC(=O)O. The van der Waals surface area contributed by atoms with E-state index in [4.69, 9.17) is 15.3 Å². The molecule has 0 saturated carbocycles. The summed E-state index contributed by atoms with van der Waals surface area (Å²) in [6.45, 7) is 5.69. The van der Waals surface area contributed by atoms with Crippen LogP contribution in [0.1, 0.15) is 96.8 Å². The maximum absolute atomic E-state index is 10.9. The van der Waals surface area contributed by atoms with Crippen LogP contribution in [0.15, 0.2) is 12.2 Å². The van der Waals surface area contributed by atoms with Crippen LogP contribution in [0.5, 0.6) is 0 Å². The van der Waals surface area contributed by atoms with Crippen LogP contribution in [-0.4, -0.2) is 63.9 Å². The molecule has 0 unspecified atom stereocenters. The molecule has 0 rings (SSSR count). The molecule has 0 aliphatic heterocycles.